The summed E-state index contributed by atoms with van der Waals surface area (Å²) in [6.45, 7) is 9.55. The SMILES string of the molecule is CCCCCNC(=O)C(c1ccccc1O)N(C(=O)C(CCC(N)=O)NC(=O)OC(C)(C)C)C1CC1C. The Morgan fingerprint density at radius 2 is 1.84 bits per heavy atom. The number of benzene rings is 1. The van der Waals surface area contributed by atoms with Gasteiger partial charge in [0.2, 0.25) is 17.7 Å². The number of phenolic OH excluding ortho intramolecular Hbond substituents is 1. The largest absolute Gasteiger partial charge is 0.508 e. The Bertz CT molecular complexity index is 960. The van der Waals surface area contributed by atoms with E-state index in [-0.39, 0.29) is 36.1 Å². The molecule has 10 nitrogen and oxygen atoms in total. The van der Waals surface area contributed by atoms with Gasteiger partial charge in [-0.25, -0.2) is 4.79 Å². The van der Waals surface area contributed by atoms with Crippen LogP contribution in [0.2, 0.25) is 0 Å². The number of nitrogens with one attached hydrogen (secondary N) is 2. The molecule has 1 aliphatic carbocycles. The van der Waals surface area contributed by atoms with Crippen molar-refractivity contribution in [2.45, 2.75) is 96.9 Å². The predicted octanol–water partition coefficient (Wildman–Crippen LogP) is 3.14. The third-order valence-corrected chi connectivity index (χ3v) is 6.18. The van der Waals surface area contributed by atoms with Gasteiger partial charge >= 0.3 is 6.09 Å². The number of hydrogen-bond donors (Lipinski definition) is 4. The number of rotatable bonds is 13. The summed E-state index contributed by atoms with van der Waals surface area (Å²) in [5.41, 5.74) is 4.82. The Labute approximate surface area is 219 Å². The van der Waals surface area contributed by atoms with Gasteiger partial charge in [0.05, 0.1) is 0 Å². The van der Waals surface area contributed by atoms with Crippen molar-refractivity contribution in [1.29, 1.82) is 0 Å². The van der Waals surface area contributed by atoms with Crippen LogP contribution in [-0.4, -0.2) is 58.1 Å². The summed E-state index contributed by atoms with van der Waals surface area (Å²) in [4.78, 5) is 53.1. The highest BCUT2D eigenvalue weighted by Gasteiger charge is 2.48. The molecule has 0 spiro atoms. The fourth-order valence-corrected chi connectivity index (χ4v) is 4.17. The van der Waals surface area contributed by atoms with Crippen molar-refractivity contribution in [2.24, 2.45) is 11.7 Å². The van der Waals surface area contributed by atoms with Crippen molar-refractivity contribution in [2.75, 3.05) is 6.54 Å². The Morgan fingerprint density at radius 3 is 2.38 bits per heavy atom. The Morgan fingerprint density at radius 1 is 1.19 bits per heavy atom. The minimum atomic E-state index is -1.16. The Hall–Kier alpha value is -3.30. The lowest BCUT2D eigenvalue weighted by Gasteiger charge is -2.35. The summed E-state index contributed by atoms with van der Waals surface area (Å²) in [6, 6.07) is 3.84. The zero-order valence-electron chi connectivity index (χ0n) is 22.6. The normalized spacial score (nSPS) is 18.3. The van der Waals surface area contributed by atoms with Gasteiger partial charge in [-0.1, -0.05) is 44.9 Å². The molecule has 206 valence electrons. The first kappa shape index (κ1) is 29.9. The topological polar surface area (TPSA) is 151 Å². The summed E-state index contributed by atoms with van der Waals surface area (Å²) in [5.74, 6) is -1.59. The van der Waals surface area contributed by atoms with E-state index < -0.39 is 41.5 Å². The lowest BCUT2D eigenvalue weighted by molar-refractivity contribution is -0.143. The first-order valence-corrected chi connectivity index (χ1v) is 13.0. The molecule has 1 fully saturated rings. The van der Waals surface area contributed by atoms with Crippen LogP contribution in [0.25, 0.3) is 0 Å². The minimum absolute atomic E-state index is 0.0589. The van der Waals surface area contributed by atoms with Crippen LogP contribution in [0.5, 0.6) is 5.75 Å². The van der Waals surface area contributed by atoms with Gasteiger partial charge < -0.3 is 31.1 Å². The number of para-hydroxylation sites is 1. The van der Waals surface area contributed by atoms with Crippen molar-refractivity contribution >= 4 is 23.8 Å². The maximum absolute atomic E-state index is 14.0. The smallest absolute Gasteiger partial charge is 0.408 e. The van der Waals surface area contributed by atoms with Gasteiger partial charge in [-0.3, -0.25) is 14.4 Å². The molecule has 10 heteroatoms. The van der Waals surface area contributed by atoms with Gasteiger partial charge in [-0.05, 0) is 52.0 Å². The number of phenols is 1. The number of nitrogens with two attached hydrogens (primary N) is 1. The second kappa shape index (κ2) is 13.3. The molecule has 1 saturated carbocycles. The van der Waals surface area contributed by atoms with Crippen molar-refractivity contribution in [1.82, 2.24) is 15.5 Å². The number of ether oxygens (including phenoxy) is 1. The van der Waals surface area contributed by atoms with Crippen molar-refractivity contribution < 1.29 is 29.0 Å². The minimum Gasteiger partial charge on any atom is -0.508 e. The summed E-state index contributed by atoms with van der Waals surface area (Å²) < 4.78 is 5.33. The second-order valence-electron chi connectivity index (χ2n) is 10.7. The van der Waals surface area contributed by atoms with Gasteiger partial charge in [-0.2, -0.15) is 0 Å². The predicted molar refractivity (Wildman–Crippen MR) is 139 cm³/mol. The number of hydrogen-bond acceptors (Lipinski definition) is 6. The van der Waals surface area contributed by atoms with E-state index in [9.17, 15) is 24.3 Å². The molecular weight excluding hydrogens is 476 g/mol. The maximum atomic E-state index is 14.0. The number of alkyl carbamates (subject to hydrolysis) is 1. The fourth-order valence-electron chi connectivity index (χ4n) is 4.17. The number of aromatic hydroxyl groups is 1. The van der Waals surface area contributed by atoms with Gasteiger partial charge in [0.25, 0.3) is 0 Å². The molecule has 4 atom stereocenters. The van der Waals surface area contributed by atoms with E-state index in [2.05, 4.69) is 17.6 Å². The van der Waals surface area contributed by atoms with E-state index in [1.165, 1.54) is 11.0 Å². The summed E-state index contributed by atoms with van der Waals surface area (Å²) >= 11 is 0. The van der Waals surface area contributed by atoms with Crippen LogP contribution in [0.15, 0.2) is 24.3 Å². The number of carbonyl (C=O) groups excluding carboxylic acids is 4. The van der Waals surface area contributed by atoms with Crippen molar-refractivity contribution in [3.05, 3.63) is 29.8 Å². The van der Waals surface area contributed by atoms with Crippen LogP contribution in [0.3, 0.4) is 0 Å². The highest BCUT2D eigenvalue weighted by Crippen LogP contribution is 2.42. The quantitative estimate of drug-likeness (QED) is 0.295. The zero-order chi connectivity index (χ0) is 27.8. The molecule has 37 heavy (non-hydrogen) atoms. The van der Waals surface area contributed by atoms with E-state index in [0.29, 0.717) is 13.0 Å². The average molecular weight is 519 g/mol. The molecule has 0 heterocycles. The summed E-state index contributed by atoms with van der Waals surface area (Å²) in [7, 11) is 0. The first-order chi connectivity index (χ1) is 17.4. The Balaban J connectivity index is 2.45. The van der Waals surface area contributed by atoms with Crippen LogP contribution in [-0.2, 0) is 19.1 Å². The number of amides is 4. The summed E-state index contributed by atoms with van der Waals surface area (Å²) in [6.07, 6.45) is 2.35. The standard InChI is InChI=1S/C27H42N4O6/c1-6-7-10-15-29-24(34)23(18-11-8-9-12-21(18)32)31(20-16-17(20)2)25(35)19(13-14-22(28)33)30-26(36)37-27(3,4)5/h8-9,11-12,17,19-20,23,32H,6-7,10,13-16H2,1-5H3,(H2,28,33)(H,29,34)(H,30,36). The highest BCUT2D eigenvalue weighted by atomic mass is 16.6. The Kier molecular flexibility index (Phi) is 10.8. The van der Waals surface area contributed by atoms with E-state index in [0.717, 1.165) is 19.3 Å². The van der Waals surface area contributed by atoms with E-state index in [1.807, 2.05) is 6.92 Å². The van der Waals surface area contributed by atoms with Gasteiger partial charge in [0.1, 0.15) is 23.4 Å². The van der Waals surface area contributed by atoms with Crippen LogP contribution in [0.1, 0.15) is 84.7 Å². The lowest BCUT2D eigenvalue weighted by atomic mass is 10.00. The number of primary amides is 1. The highest BCUT2D eigenvalue weighted by molar-refractivity contribution is 5.93. The number of unbranched alkanes of at least 4 members (excludes halogenated alkanes) is 2. The van der Waals surface area contributed by atoms with Gasteiger partial charge in [-0.15, -0.1) is 0 Å². The molecule has 4 amide bonds. The van der Waals surface area contributed by atoms with Gasteiger partial charge in [0, 0.05) is 24.6 Å². The molecule has 1 aliphatic rings. The fraction of sp³-hybridized carbons (Fsp3) is 0.630. The molecule has 0 bridgehead atoms. The van der Waals surface area contributed by atoms with E-state index >= 15 is 0 Å². The average Bonchev–Trinajstić information content (AvgIpc) is 3.52. The third kappa shape index (κ3) is 9.26. The van der Waals surface area contributed by atoms with Crippen LogP contribution in [0, 0.1) is 5.92 Å². The van der Waals surface area contributed by atoms with Gasteiger partial charge in [0.15, 0.2) is 0 Å². The van der Waals surface area contributed by atoms with E-state index in [1.54, 1.807) is 39.0 Å². The molecule has 2 rings (SSSR count). The monoisotopic (exact) mass is 518 g/mol. The lowest BCUT2D eigenvalue weighted by Crippen LogP contribution is -2.54. The number of carbonyl (C=O) groups is 4. The molecule has 0 radical (unpaired) electrons. The van der Waals surface area contributed by atoms with Crippen molar-refractivity contribution in [3.8, 4) is 5.75 Å². The molecule has 0 aromatic heterocycles. The van der Waals surface area contributed by atoms with Crippen LogP contribution >= 0.6 is 0 Å². The zero-order valence-corrected chi connectivity index (χ0v) is 22.6. The van der Waals surface area contributed by atoms with E-state index in [4.69, 9.17) is 10.5 Å². The third-order valence-electron chi connectivity index (χ3n) is 6.18. The molecule has 1 aromatic carbocycles. The van der Waals surface area contributed by atoms with Crippen LogP contribution < -0.4 is 16.4 Å². The molecule has 5 N–H and O–H groups in total. The molecule has 0 aliphatic heterocycles. The molecule has 1 aromatic rings. The molecule has 4 unspecified atom stereocenters. The molecule has 0 saturated heterocycles. The number of nitrogens with zero attached hydrogens (tertiary/aromatic N) is 1. The summed E-state index contributed by atoms with van der Waals surface area (Å²) in [5, 5.41) is 16.1. The maximum Gasteiger partial charge on any atom is 0.408 e. The molecular formula is C27H42N4O6. The first-order valence-electron chi connectivity index (χ1n) is 13.0. The second-order valence-corrected chi connectivity index (χ2v) is 10.7. The van der Waals surface area contributed by atoms with Crippen LogP contribution in [0.4, 0.5) is 4.79 Å². The van der Waals surface area contributed by atoms with Crippen molar-refractivity contribution in [3.63, 3.8) is 0 Å².